The van der Waals surface area contributed by atoms with E-state index in [1.807, 2.05) is 0 Å². The lowest BCUT2D eigenvalue weighted by Gasteiger charge is -2.56. The van der Waals surface area contributed by atoms with Crippen molar-refractivity contribution in [3.05, 3.63) is 24.3 Å². The van der Waals surface area contributed by atoms with Gasteiger partial charge in [-0.15, -0.1) is 0 Å². The van der Waals surface area contributed by atoms with Gasteiger partial charge >= 0.3 is 6.03 Å². The summed E-state index contributed by atoms with van der Waals surface area (Å²) in [5.74, 6) is 2.34. The number of urea groups is 1. The Balaban J connectivity index is 1.15. The molecule has 0 aromatic heterocycles. The van der Waals surface area contributed by atoms with Gasteiger partial charge in [-0.25, -0.2) is 4.79 Å². The Kier molecular flexibility index (Phi) is 6.34. The Morgan fingerprint density at radius 3 is 2.16 bits per heavy atom. The molecule has 31 heavy (non-hydrogen) atoms. The van der Waals surface area contributed by atoms with Crippen LogP contribution in [0.5, 0.6) is 5.75 Å². The summed E-state index contributed by atoms with van der Waals surface area (Å²) < 4.78 is 5.40. The maximum absolute atomic E-state index is 12.4. The zero-order valence-corrected chi connectivity index (χ0v) is 17.8. The number of carbonyl (C=O) groups is 3. The van der Waals surface area contributed by atoms with Crippen LogP contribution in [-0.2, 0) is 9.59 Å². The van der Waals surface area contributed by atoms with Gasteiger partial charge in [0, 0.05) is 24.2 Å². The Labute approximate surface area is 182 Å². The van der Waals surface area contributed by atoms with Crippen molar-refractivity contribution in [3.8, 4) is 5.75 Å². The molecule has 4 saturated carbocycles. The van der Waals surface area contributed by atoms with Crippen LogP contribution in [0, 0.1) is 17.8 Å². The maximum Gasteiger partial charge on any atom is 0.315 e. The van der Waals surface area contributed by atoms with Crippen molar-refractivity contribution in [2.75, 3.05) is 18.5 Å². The molecule has 5 rings (SSSR count). The predicted octanol–water partition coefficient (Wildman–Crippen LogP) is 2.54. The van der Waals surface area contributed by atoms with Crippen LogP contribution in [0.2, 0.25) is 0 Å². The van der Waals surface area contributed by atoms with Gasteiger partial charge in [-0.3, -0.25) is 9.59 Å². The lowest BCUT2D eigenvalue weighted by atomic mass is 9.53. The van der Waals surface area contributed by atoms with Crippen molar-refractivity contribution in [2.45, 2.75) is 56.9 Å². The van der Waals surface area contributed by atoms with Crippen LogP contribution in [0.4, 0.5) is 10.5 Å². The zero-order valence-electron chi connectivity index (χ0n) is 17.8. The second kappa shape index (κ2) is 9.16. The third kappa shape index (κ3) is 5.68. The minimum Gasteiger partial charge on any atom is -0.493 e. The summed E-state index contributed by atoms with van der Waals surface area (Å²) in [5, 5.41) is 8.90. The fraction of sp³-hybridized carbons (Fsp3) is 0.609. The summed E-state index contributed by atoms with van der Waals surface area (Å²) in [7, 11) is 0. The van der Waals surface area contributed by atoms with Crippen LogP contribution in [-0.4, -0.2) is 36.5 Å². The highest BCUT2D eigenvalue weighted by Crippen LogP contribution is 2.55. The van der Waals surface area contributed by atoms with Gasteiger partial charge in [0.05, 0.1) is 13.0 Å². The second-order valence-corrected chi connectivity index (χ2v) is 9.47. The van der Waals surface area contributed by atoms with Crippen LogP contribution in [0.15, 0.2) is 24.3 Å². The average Bonchev–Trinajstić information content (AvgIpc) is 2.67. The van der Waals surface area contributed by atoms with Crippen LogP contribution < -0.4 is 26.4 Å². The van der Waals surface area contributed by atoms with E-state index in [4.69, 9.17) is 10.5 Å². The quantitative estimate of drug-likeness (QED) is 0.483. The normalized spacial score (nSPS) is 28.1. The third-order valence-corrected chi connectivity index (χ3v) is 6.81. The summed E-state index contributed by atoms with van der Waals surface area (Å²) in [6.07, 6.45) is 7.68. The van der Waals surface area contributed by atoms with E-state index in [-0.39, 0.29) is 36.9 Å². The minimum atomic E-state index is -0.413. The van der Waals surface area contributed by atoms with Crippen molar-refractivity contribution in [3.63, 3.8) is 0 Å². The number of primary amides is 1. The van der Waals surface area contributed by atoms with Gasteiger partial charge in [-0.05, 0) is 80.5 Å². The van der Waals surface area contributed by atoms with E-state index in [0.717, 1.165) is 37.0 Å². The molecule has 168 valence electrons. The van der Waals surface area contributed by atoms with Gasteiger partial charge in [0.1, 0.15) is 5.75 Å². The van der Waals surface area contributed by atoms with Crippen molar-refractivity contribution >= 4 is 23.5 Å². The SMILES string of the molecule is NC(=O)CCOc1ccc(NC(=O)CCNC(=O)NC23CC4CC(CC(C4)C2)C3)cc1. The molecule has 0 saturated heterocycles. The highest BCUT2D eigenvalue weighted by molar-refractivity contribution is 5.91. The lowest BCUT2D eigenvalue weighted by molar-refractivity contribution is -0.118. The molecule has 1 aromatic rings. The smallest absolute Gasteiger partial charge is 0.315 e. The molecule has 4 bridgehead atoms. The Hall–Kier alpha value is -2.77. The molecule has 0 unspecified atom stereocenters. The molecule has 8 nitrogen and oxygen atoms in total. The van der Waals surface area contributed by atoms with E-state index < -0.39 is 5.91 Å². The zero-order chi connectivity index (χ0) is 21.8. The van der Waals surface area contributed by atoms with E-state index in [1.54, 1.807) is 24.3 Å². The second-order valence-electron chi connectivity index (χ2n) is 9.47. The molecule has 0 radical (unpaired) electrons. The number of ether oxygens (including phenoxy) is 1. The van der Waals surface area contributed by atoms with Crippen LogP contribution in [0.25, 0.3) is 0 Å². The Morgan fingerprint density at radius 1 is 0.968 bits per heavy atom. The summed E-state index contributed by atoms with van der Waals surface area (Å²) in [6.45, 7) is 0.510. The predicted molar refractivity (Wildman–Crippen MR) is 116 cm³/mol. The first-order valence-corrected chi connectivity index (χ1v) is 11.3. The number of rotatable bonds is 9. The molecule has 0 heterocycles. The van der Waals surface area contributed by atoms with E-state index in [1.165, 1.54) is 19.3 Å². The summed E-state index contributed by atoms with van der Waals surface area (Å²) in [6, 6.07) is 6.73. The first kappa shape index (κ1) is 21.5. The van der Waals surface area contributed by atoms with Gasteiger partial charge in [0.2, 0.25) is 11.8 Å². The Bertz CT molecular complexity index is 788. The van der Waals surface area contributed by atoms with Gasteiger partial charge in [-0.2, -0.15) is 0 Å². The molecule has 8 heteroatoms. The standard InChI is InChI=1S/C23H32N4O4/c24-20(28)6-8-31-19-3-1-18(2-4-19)26-21(29)5-7-25-22(30)27-23-12-15-9-16(13-23)11-17(10-15)14-23/h1-4,15-17H,5-14H2,(H2,24,28)(H,26,29)(H2,25,27,30). The number of amides is 4. The number of hydrogen-bond donors (Lipinski definition) is 4. The number of carbonyl (C=O) groups excluding carboxylic acids is 3. The van der Waals surface area contributed by atoms with E-state index in [2.05, 4.69) is 16.0 Å². The molecule has 0 aliphatic heterocycles. The molecule has 4 amide bonds. The van der Waals surface area contributed by atoms with Gasteiger partial charge in [0.15, 0.2) is 0 Å². The molecular weight excluding hydrogens is 396 g/mol. The molecule has 4 fully saturated rings. The summed E-state index contributed by atoms with van der Waals surface area (Å²) >= 11 is 0. The molecule has 5 N–H and O–H groups in total. The van der Waals surface area contributed by atoms with E-state index in [0.29, 0.717) is 18.0 Å². The molecule has 4 aliphatic rings. The van der Waals surface area contributed by atoms with Gasteiger partial charge < -0.3 is 26.4 Å². The molecule has 4 aliphatic carbocycles. The van der Waals surface area contributed by atoms with Crippen LogP contribution in [0.1, 0.15) is 51.4 Å². The number of nitrogens with two attached hydrogens (primary N) is 1. The maximum atomic E-state index is 12.4. The highest BCUT2D eigenvalue weighted by atomic mass is 16.5. The van der Waals surface area contributed by atoms with Crippen molar-refractivity contribution in [1.82, 2.24) is 10.6 Å². The lowest BCUT2D eigenvalue weighted by Crippen LogP contribution is -2.61. The fourth-order valence-electron chi connectivity index (χ4n) is 5.97. The van der Waals surface area contributed by atoms with Gasteiger partial charge in [0.25, 0.3) is 0 Å². The van der Waals surface area contributed by atoms with E-state index >= 15 is 0 Å². The monoisotopic (exact) mass is 428 g/mol. The van der Waals surface area contributed by atoms with Crippen molar-refractivity contribution in [1.29, 1.82) is 0 Å². The van der Waals surface area contributed by atoms with Gasteiger partial charge in [-0.1, -0.05) is 0 Å². The first-order chi connectivity index (χ1) is 14.9. The summed E-state index contributed by atoms with van der Waals surface area (Å²) in [4.78, 5) is 35.3. The van der Waals surface area contributed by atoms with Crippen molar-refractivity contribution in [2.24, 2.45) is 23.5 Å². The molecular formula is C23H32N4O4. The number of benzene rings is 1. The number of nitrogens with one attached hydrogen (secondary N) is 3. The molecule has 0 atom stereocenters. The fourth-order valence-corrected chi connectivity index (χ4v) is 5.97. The highest BCUT2D eigenvalue weighted by Gasteiger charge is 2.51. The van der Waals surface area contributed by atoms with Crippen LogP contribution >= 0.6 is 0 Å². The third-order valence-electron chi connectivity index (χ3n) is 6.81. The number of anilines is 1. The topological polar surface area (TPSA) is 123 Å². The minimum absolute atomic E-state index is 0.0254. The molecule has 0 spiro atoms. The number of hydrogen-bond acceptors (Lipinski definition) is 4. The van der Waals surface area contributed by atoms with E-state index in [9.17, 15) is 14.4 Å². The summed E-state index contributed by atoms with van der Waals surface area (Å²) in [5.41, 5.74) is 5.69. The van der Waals surface area contributed by atoms with Crippen molar-refractivity contribution < 1.29 is 19.1 Å². The Morgan fingerprint density at radius 2 is 1.58 bits per heavy atom. The largest absolute Gasteiger partial charge is 0.493 e. The van der Waals surface area contributed by atoms with Crippen LogP contribution in [0.3, 0.4) is 0 Å². The first-order valence-electron chi connectivity index (χ1n) is 11.3. The average molecular weight is 429 g/mol. The molecule has 1 aromatic carbocycles.